The number of ether oxygens (including phenoxy) is 1. The van der Waals surface area contributed by atoms with Crippen LogP contribution >= 0.6 is 23.1 Å². The molecule has 2 aromatic carbocycles. The van der Waals surface area contributed by atoms with Crippen LogP contribution in [-0.2, 0) is 12.4 Å². The van der Waals surface area contributed by atoms with E-state index in [0.29, 0.717) is 23.3 Å². The van der Waals surface area contributed by atoms with Gasteiger partial charge in [-0.2, -0.15) is 0 Å². The quantitative estimate of drug-likeness (QED) is 0.365. The maximum absolute atomic E-state index is 5.73. The zero-order valence-electron chi connectivity index (χ0n) is 16.2. The van der Waals surface area contributed by atoms with Crippen LogP contribution in [0.4, 0.5) is 10.8 Å². The van der Waals surface area contributed by atoms with E-state index in [1.807, 2.05) is 31.2 Å². The topological polar surface area (TPSA) is 75.7 Å². The van der Waals surface area contributed by atoms with E-state index in [2.05, 4.69) is 62.1 Å². The van der Waals surface area contributed by atoms with Gasteiger partial charge in [0.05, 0.1) is 5.69 Å². The SMILES string of the molecule is Cc1ccc(Nc2nc(CSc3n[nH]c(COc4ccc(C)cc4)n3)cs2)cc1. The Morgan fingerprint density at radius 3 is 2.48 bits per heavy atom. The molecule has 0 fully saturated rings. The van der Waals surface area contributed by atoms with E-state index >= 15 is 0 Å². The van der Waals surface area contributed by atoms with Crippen LogP contribution < -0.4 is 10.1 Å². The van der Waals surface area contributed by atoms with Crippen molar-refractivity contribution >= 4 is 33.9 Å². The molecule has 29 heavy (non-hydrogen) atoms. The summed E-state index contributed by atoms with van der Waals surface area (Å²) in [5.74, 6) is 2.23. The molecule has 0 bridgehead atoms. The molecule has 2 heterocycles. The van der Waals surface area contributed by atoms with Crippen molar-refractivity contribution < 1.29 is 4.74 Å². The summed E-state index contributed by atoms with van der Waals surface area (Å²) in [6.07, 6.45) is 0. The maximum atomic E-state index is 5.73. The molecular weight excluding hydrogens is 402 g/mol. The molecule has 0 radical (unpaired) electrons. The molecule has 2 aromatic heterocycles. The van der Waals surface area contributed by atoms with Crippen molar-refractivity contribution in [2.24, 2.45) is 0 Å². The van der Waals surface area contributed by atoms with Crippen molar-refractivity contribution in [3.63, 3.8) is 0 Å². The average Bonchev–Trinajstić information content (AvgIpc) is 3.37. The van der Waals surface area contributed by atoms with Crippen LogP contribution in [0.2, 0.25) is 0 Å². The number of hydrogen-bond donors (Lipinski definition) is 2. The second-order valence-corrected chi connectivity index (χ2v) is 8.39. The minimum atomic E-state index is 0.359. The van der Waals surface area contributed by atoms with E-state index in [-0.39, 0.29) is 0 Å². The summed E-state index contributed by atoms with van der Waals surface area (Å²) in [7, 11) is 0. The Balaban J connectivity index is 1.27. The van der Waals surface area contributed by atoms with Gasteiger partial charge >= 0.3 is 0 Å². The number of benzene rings is 2. The summed E-state index contributed by atoms with van der Waals surface area (Å²) >= 11 is 3.14. The fourth-order valence-electron chi connectivity index (χ4n) is 2.52. The first-order valence-corrected chi connectivity index (χ1v) is 11.0. The number of aromatic amines is 1. The number of nitrogens with one attached hydrogen (secondary N) is 2. The Morgan fingerprint density at radius 1 is 1.00 bits per heavy atom. The lowest BCUT2D eigenvalue weighted by molar-refractivity contribution is 0.296. The van der Waals surface area contributed by atoms with Crippen molar-refractivity contribution in [2.45, 2.75) is 31.4 Å². The normalized spacial score (nSPS) is 10.8. The van der Waals surface area contributed by atoms with Crippen LogP contribution in [-0.4, -0.2) is 20.2 Å². The van der Waals surface area contributed by atoms with Gasteiger partial charge in [0.25, 0.3) is 0 Å². The summed E-state index contributed by atoms with van der Waals surface area (Å²) in [4.78, 5) is 9.10. The molecule has 0 amide bonds. The molecule has 8 heteroatoms. The lowest BCUT2D eigenvalue weighted by Crippen LogP contribution is -1.97. The summed E-state index contributed by atoms with van der Waals surface area (Å²) in [6, 6.07) is 16.2. The number of aryl methyl sites for hydroxylation is 2. The van der Waals surface area contributed by atoms with E-state index in [0.717, 1.165) is 22.3 Å². The van der Waals surface area contributed by atoms with E-state index in [4.69, 9.17) is 4.74 Å². The van der Waals surface area contributed by atoms with Gasteiger partial charge in [0, 0.05) is 16.8 Å². The molecule has 0 spiro atoms. The molecule has 0 aliphatic carbocycles. The lowest BCUT2D eigenvalue weighted by atomic mass is 10.2. The highest BCUT2D eigenvalue weighted by atomic mass is 32.2. The second kappa shape index (κ2) is 9.11. The highest BCUT2D eigenvalue weighted by Crippen LogP contribution is 2.25. The van der Waals surface area contributed by atoms with Crippen LogP contribution in [0, 0.1) is 13.8 Å². The smallest absolute Gasteiger partial charge is 0.208 e. The number of thioether (sulfide) groups is 1. The monoisotopic (exact) mass is 423 g/mol. The highest BCUT2D eigenvalue weighted by molar-refractivity contribution is 7.98. The molecule has 0 aliphatic rings. The molecular formula is C21H21N5OS2. The van der Waals surface area contributed by atoms with Crippen LogP contribution in [0.3, 0.4) is 0 Å². The van der Waals surface area contributed by atoms with Crippen LogP contribution in [0.5, 0.6) is 5.75 Å². The summed E-state index contributed by atoms with van der Waals surface area (Å²) < 4.78 is 5.73. The Bertz CT molecular complexity index is 1060. The first kappa shape index (κ1) is 19.5. The average molecular weight is 424 g/mol. The van der Waals surface area contributed by atoms with Gasteiger partial charge in [-0.25, -0.2) is 9.97 Å². The lowest BCUT2D eigenvalue weighted by Gasteiger charge is -2.03. The Kier molecular flexibility index (Phi) is 6.12. The Morgan fingerprint density at radius 2 is 1.72 bits per heavy atom. The third-order valence-corrected chi connectivity index (χ3v) is 5.80. The number of H-pyrrole nitrogens is 1. The molecule has 0 saturated carbocycles. The second-order valence-electron chi connectivity index (χ2n) is 6.59. The van der Waals surface area contributed by atoms with Gasteiger partial charge in [-0.1, -0.05) is 47.2 Å². The summed E-state index contributed by atoms with van der Waals surface area (Å²) in [5.41, 5.74) is 4.48. The van der Waals surface area contributed by atoms with Gasteiger partial charge in [-0.05, 0) is 38.1 Å². The number of nitrogens with zero attached hydrogens (tertiary/aromatic N) is 3. The number of aromatic nitrogens is 4. The molecule has 0 saturated heterocycles. The molecule has 4 aromatic rings. The fourth-order valence-corrected chi connectivity index (χ4v) is 4.07. The number of hydrogen-bond acceptors (Lipinski definition) is 7. The molecule has 0 unspecified atom stereocenters. The van der Waals surface area contributed by atoms with Gasteiger partial charge in [0.2, 0.25) is 5.16 Å². The van der Waals surface area contributed by atoms with Crippen molar-refractivity contribution in [3.05, 3.63) is 76.6 Å². The summed E-state index contributed by atoms with van der Waals surface area (Å²) in [6.45, 7) is 4.48. The van der Waals surface area contributed by atoms with Crippen LogP contribution in [0.25, 0.3) is 0 Å². The van der Waals surface area contributed by atoms with Crippen molar-refractivity contribution in [3.8, 4) is 5.75 Å². The third kappa shape index (κ3) is 5.58. The van der Waals surface area contributed by atoms with Gasteiger partial charge in [0.15, 0.2) is 11.0 Å². The third-order valence-electron chi connectivity index (χ3n) is 4.11. The predicted molar refractivity (Wildman–Crippen MR) is 118 cm³/mol. The van der Waals surface area contributed by atoms with Gasteiger partial charge in [-0.3, -0.25) is 5.10 Å². The minimum absolute atomic E-state index is 0.359. The van der Waals surface area contributed by atoms with Gasteiger partial charge in [-0.15, -0.1) is 16.4 Å². The van der Waals surface area contributed by atoms with E-state index in [1.54, 1.807) is 23.1 Å². The standard InChI is InChI=1S/C21H21N5OS2/c1-14-3-7-16(8-4-14)22-20-23-17(12-28-20)13-29-21-24-19(25-26-21)11-27-18-9-5-15(2)6-10-18/h3-10,12H,11,13H2,1-2H3,(H,22,23)(H,24,25,26). The van der Waals surface area contributed by atoms with Crippen molar-refractivity contribution in [1.29, 1.82) is 0 Å². The molecule has 0 aliphatic heterocycles. The first-order valence-electron chi connectivity index (χ1n) is 9.16. The molecule has 4 rings (SSSR count). The molecule has 148 valence electrons. The first-order chi connectivity index (χ1) is 14.1. The predicted octanol–water partition coefficient (Wildman–Crippen LogP) is 5.49. The fraction of sp³-hybridized carbons (Fsp3) is 0.190. The Hall–Kier alpha value is -2.84. The summed E-state index contributed by atoms with van der Waals surface area (Å²) in [5, 5.41) is 14.1. The zero-order chi connectivity index (χ0) is 20.1. The van der Waals surface area contributed by atoms with E-state index in [1.165, 1.54) is 11.1 Å². The van der Waals surface area contributed by atoms with E-state index < -0.39 is 0 Å². The molecule has 2 N–H and O–H groups in total. The number of anilines is 2. The number of thiazole rings is 1. The van der Waals surface area contributed by atoms with Crippen LogP contribution in [0.15, 0.2) is 59.1 Å². The zero-order valence-corrected chi connectivity index (χ0v) is 17.8. The van der Waals surface area contributed by atoms with Crippen LogP contribution in [0.1, 0.15) is 22.6 Å². The number of rotatable bonds is 8. The minimum Gasteiger partial charge on any atom is -0.486 e. The van der Waals surface area contributed by atoms with Crippen molar-refractivity contribution in [2.75, 3.05) is 5.32 Å². The van der Waals surface area contributed by atoms with Crippen molar-refractivity contribution in [1.82, 2.24) is 20.2 Å². The highest BCUT2D eigenvalue weighted by Gasteiger charge is 2.08. The molecule has 0 atom stereocenters. The van der Waals surface area contributed by atoms with E-state index in [9.17, 15) is 0 Å². The van der Waals surface area contributed by atoms with Gasteiger partial charge < -0.3 is 10.1 Å². The molecule has 6 nitrogen and oxygen atoms in total. The van der Waals surface area contributed by atoms with Gasteiger partial charge in [0.1, 0.15) is 12.4 Å². The largest absolute Gasteiger partial charge is 0.486 e. The Labute approximate surface area is 177 Å². The maximum Gasteiger partial charge on any atom is 0.208 e.